The van der Waals surface area contributed by atoms with Crippen LogP contribution in [0.3, 0.4) is 0 Å². The molecule has 0 aliphatic carbocycles. The Morgan fingerprint density at radius 1 is 1.15 bits per heavy atom. The van der Waals surface area contributed by atoms with E-state index in [9.17, 15) is 19.7 Å². The molecule has 2 amide bonds. The van der Waals surface area contributed by atoms with Crippen LogP contribution in [0.1, 0.15) is 20.7 Å². The van der Waals surface area contributed by atoms with Crippen LogP contribution in [0.2, 0.25) is 0 Å². The van der Waals surface area contributed by atoms with Gasteiger partial charge < -0.3 is 20.7 Å². The van der Waals surface area contributed by atoms with E-state index < -0.39 is 16.7 Å². The lowest BCUT2D eigenvalue weighted by atomic mass is 10.1. The average Bonchev–Trinajstić information content (AvgIpc) is 2.68. The van der Waals surface area contributed by atoms with Crippen molar-refractivity contribution < 1.29 is 19.2 Å². The quantitative estimate of drug-likeness (QED) is 0.610. The number of rotatable bonds is 5. The fourth-order valence-electron chi connectivity index (χ4n) is 2.88. The Hall–Kier alpha value is -3.46. The van der Waals surface area contributed by atoms with Gasteiger partial charge in [-0.3, -0.25) is 19.7 Å². The number of nitro benzene ring substituents is 1. The van der Waals surface area contributed by atoms with Gasteiger partial charge in [-0.1, -0.05) is 12.1 Å². The first-order valence-electron chi connectivity index (χ1n) is 8.28. The first-order valence-corrected chi connectivity index (χ1v) is 8.28. The third-order valence-corrected chi connectivity index (χ3v) is 4.23. The number of hydrogen-bond donors (Lipinski definition) is 2. The number of carbonyl (C=O) groups excluding carboxylic acids is 2. The number of benzene rings is 2. The van der Waals surface area contributed by atoms with Crippen LogP contribution in [0.15, 0.2) is 42.5 Å². The van der Waals surface area contributed by atoms with Crippen molar-refractivity contribution in [2.75, 3.05) is 36.5 Å². The molecule has 1 aliphatic heterocycles. The number of ether oxygens (including phenoxy) is 1. The molecular weight excluding hydrogens is 352 g/mol. The molecule has 0 atom stereocenters. The van der Waals surface area contributed by atoms with Crippen LogP contribution in [0.25, 0.3) is 0 Å². The summed E-state index contributed by atoms with van der Waals surface area (Å²) in [7, 11) is 0. The van der Waals surface area contributed by atoms with Crippen molar-refractivity contribution in [2.24, 2.45) is 5.73 Å². The molecule has 1 fully saturated rings. The number of nitrogens with two attached hydrogens (primary N) is 1. The number of primary amides is 1. The van der Waals surface area contributed by atoms with Gasteiger partial charge in [-0.15, -0.1) is 0 Å². The lowest BCUT2D eigenvalue weighted by Crippen LogP contribution is -2.36. The van der Waals surface area contributed by atoms with Gasteiger partial charge in [-0.2, -0.15) is 0 Å². The lowest BCUT2D eigenvalue weighted by Gasteiger charge is -2.28. The zero-order valence-electron chi connectivity index (χ0n) is 14.4. The van der Waals surface area contributed by atoms with Gasteiger partial charge in [-0.05, 0) is 24.3 Å². The number of nitrogens with one attached hydrogen (secondary N) is 1. The summed E-state index contributed by atoms with van der Waals surface area (Å²) >= 11 is 0. The standard InChI is InChI=1S/C18H18N4O5/c19-17(23)13-3-1-2-4-14(13)20-18(24)12-5-6-15(16(11-12)22(25)26)21-7-9-27-10-8-21/h1-6,11H,7-10H2,(H2,19,23)(H,20,24). The molecule has 0 radical (unpaired) electrons. The number of para-hydroxylation sites is 1. The molecule has 1 heterocycles. The first kappa shape index (κ1) is 18.3. The summed E-state index contributed by atoms with van der Waals surface area (Å²) in [5, 5.41) is 14.1. The highest BCUT2D eigenvalue weighted by Gasteiger charge is 2.23. The van der Waals surface area contributed by atoms with E-state index in [1.54, 1.807) is 18.2 Å². The highest BCUT2D eigenvalue weighted by molar-refractivity contribution is 6.09. The molecule has 1 aliphatic rings. The van der Waals surface area contributed by atoms with Gasteiger partial charge in [-0.25, -0.2) is 0 Å². The maximum Gasteiger partial charge on any atom is 0.293 e. The van der Waals surface area contributed by atoms with Gasteiger partial charge >= 0.3 is 0 Å². The van der Waals surface area contributed by atoms with Crippen molar-refractivity contribution in [3.63, 3.8) is 0 Å². The molecular formula is C18H18N4O5. The fourth-order valence-corrected chi connectivity index (χ4v) is 2.88. The van der Waals surface area contributed by atoms with E-state index in [-0.39, 0.29) is 22.5 Å². The summed E-state index contributed by atoms with van der Waals surface area (Å²) in [4.78, 5) is 36.8. The van der Waals surface area contributed by atoms with E-state index in [2.05, 4.69) is 5.32 Å². The van der Waals surface area contributed by atoms with Crippen LogP contribution < -0.4 is 16.0 Å². The topological polar surface area (TPSA) is 128 Å². The predicted octanol–water partition coefficient (Wildman–Crippen LogP) is 1.78. The maximum atomic E-state index is 12.5. The smallest absolute Gasteiger partial charge is 0.293 e. The highest BCUT2D eigenvalue weighted by atomic mass is 16.6. The minimum atomic E-state index is -0.681. The van der Waals surface area contributed by atoms with Crippen LogP contribution >= 0.6 is 0 Å². The monoisotopic (exact) mass is 370 g/mol. The van der Waals surface area contributed by atoms with Crippen LogP contribution in [-0.4, -0.2) is 43.0 Å². The Morgan fingerprint density at radius 2 is 1.85 bits per heavy atom. The molecule has 2 aromatic rings. The highest BCUT2D eigenvalue weighted by Crippen LogP contribution is 2.30. The minimum Gasteiger partial charge on any atom is -0.378 e. The SMILES string of the molecule is NC(=O)c1ccccc1NC(=O)c1ccc(N2CCOCC2)c([N+](=O)[O-])c1. The zero-order chi connectivity index (χ0) is 19.4. The number of carbonyl (C=O) groups is 2. The van der Waals surface area contributed by atoms with Crippen molar-refractivity contribution >= 4 is 28.9 Å². The normalized spacial score (nSPS) is 13.9. The molecule has 9 heteroatoms. The molecule has 27 heavy (non-hydrogen) atoms. The Kier molecular flexibility index (Phi) is 5.32. The van der Waals surface area contributed by atoms with E-state index in [1.165, 1.54) is 24.3 Å². The molecule has 1 saturated heterocycles. The molecule has 2 aromatic carbocycles. The van der Waals surface area contributed by atoms with Gasteiger partial charge in [0.2, 0.25) is 0 Å². The van der Waals surface area contributed by atoms with E-state index in [1.807, 2.05) is 4.90 Å². The summed E-state index contributed by atoms with van der Waals surface area (Å²) in [5.41, 5.74) is 6.09. The summed E-state index contributed by atoms with van der Waals surface area (Å²) in [5.74, 6) is -1.25. The molecule has 0 unspecified atom stereocenters. The minimum absolute atomic E-state index is 0.109. The van der Waals surface area contributed by atoms with Crippen LogP contribution in [0.5, 0.6) is 0 Å². The van der Waals surface area contributed by atoms with Crippen LogP contribution in [0.4, 0.5) is 17.1 Å². The Balaban J connectivity index is 1.88. The van der Waals surface area contributed by atoms with Crippen LogP contribution in [0, 0.1) is 10.1 Å². The molecule has 140 valence electrons. The number of nitro groups is 1. The summed E-state index contributed by atoms with van der Waals surface area (Å²) in [6, 6.07) is 10.6. The van der Waals surface area contributed by atoms with Gasteiger partial charge in [0.1, 0.15) is 5.69 Å². The Morgan fingerprint density at radius 3 is 2.52 bits per heavy atom. The number of morpholine rings is 1. The van der Waals surface area contributed by atoms with Gasteiger partial charge in [0, 0.05) is 24.7 Å². The molecule has 0 saturated carbocycles. The lowest BCUT2D eigenvalue weighted by molar-refractivity contribution is -0.384. The second-order valence-electron chi connectivity index (χ2n) is 5.92. The summed E-state index contributed by atoms with van der Waals surface area (Å²) in [6.45, 7) is 2.06. The number of amides is 2. The van der Waals surface area contributed by atoms with Gasteiger partial charge in [0.15, 0.2) is 0 Å². The third kappa shape index (κ3) is 4.04. The molecule has 9 nitrogen and oxygen atoms in total. The molecule has 0 aromatic heterocycles. The largest absolute Gasteiger partial charge is 0.378 e. The van der Waals surface area contributed by atoms with Gasteiger partial charge in [0.05, 0.1) is 29.4 Å². The van der Waals surface area contributed by atoms with E-state index in [0.717, 1.165) is 0 Å². The second-order valence-corrected chi connectivity index (χ2v) is 5.92. The van der Waals surface area contributed by atoms with Crippen molar-refractivity contribution in [2.45, 2.75) is 0 Å². The van der Waals surface area contributed by atoms with Crippen molar-refractivity contribution in [1.82, 2.24) is 0 Å². The van der Waals surface area contributed by atoms with Crippen molar-refractivity contribution in [1.29, 1.82) is 0 Å². The van der Waals surface area contributed by atoms with Crippen LogP contribution in [-0.2, 0) is 4.74 Å². The number of anilines is 2. The Bertz CT molecular complexity index is 893. The molecule has 0 spiro atoms. The number of nitrogens with zero attached hydrogens (tertiary/aromatic N) is 2. The van der Waals surface area contributed by atoms with E-state index in [4.69, 9.17) is 10.5 Å². The van der Waals surface area contributed by atoms with E-state index in [0.29, 0.717) is 32.0 Å². The molecule has 3 N–H and O–H groups in total. The number of hydrogen-bond acceptors (Lipinski definition) is 6. The second kappa shape index (κ2) is 7.83. The van der Waals surface area contributed by atoms with Crippen molar-refractivity contribution in [3.8, 4) is 0 Å². The summed E-state index contributed by atoms with van der Waals surface area (Å²) in [6.07, 6.45) is 0. The zero-order valence-corrected chi connectivity index (χ0v) is 14.4. The van der Waals surface area contributed by atoms with E-state index >= 15 is 0 Å². The molecule has 0 bridgehead atoms. The maximum absolute atomic E-state index is 12.5. The summed E-state index contributed by atoms with van der Waals surface area (Å²) < 4.78 is 5.27. The average molecular weight is 370 g/mol. The fraction of sp³-hybridized carbons (Fsp3) is 0.222. The Labute approximate surface area is 154 Å². The van der Waals surface area contributed by atoms with Crippen molar-refractivity contribution in [3.05, 3.63) is 63.7 Å². The molecule has 3 rings (SSSR count). The third-order valence-electron chi connectivity index (χ3n) is 4.23. The van der Waals surface area contributed by atoms with Gasteiger partial charge in [0.25, 0.3) is 17.5 Å². The first-order chi connectivity index (χ1) is 13.0. The predicted molar refractivity (Wildman–Crippen MR) is 99.0 cm³/mol.